The number of H-pyrrole nitrogens is 1. The van der Waals surface area contributed by atoms with Crippen molar-refractivity contribution >= 4 is 22.7 Å². The highest BCUT2D eigenvalue weighted by atomic mass is 16.2. The standard InChI is InChI=1S/C23H31N3O2/c1-8-11-19(27)26(15-22(2,3)4)20(21(28)25-23(5,6)7)17-14-24-18-13-10-9-12-16(17)18/h9-10,12-14,20,24H,15H2,1-7H3,(H,25,28). The molecule has 0 radical (unpaired) electrons. The Morgan fingerprint density at radius 3 is 2.36 bits per heavy atom. The largest absolute Gasteiger partial charge is 0.361 e. The number of carbonyl (C=O) groups is 2. The Bertz CT molecular complexity index is 917. The number of nitrogens with one attached hydrogen (secondary N) is 2. The van der Waals surface area contributed by atoms with Gasteiger partial charge in [0.1, 0.15) is 6.04 Å². The third-order valence-corrected chi connectivity index (χ3v) is 4.11. The first-order valence-corrected chi connectivity index (χ1v) is 9.54. The number of nitrogens with zero attached hydrogens (tertiary/aromatic N) is 1. The average Bonchev–Trinajstić information content (AvgIpc) is 2.96. The zero-order valence-electron chi connectivity index (χ0n) is 17.9. The van der Waals surface area contributed by atoms with Gasteiger partial charge >= 0.3 is 0 Å². The molecule has 1 aromatic carbocycles. The lowest BCUT2D eigenvalue weighted by Crippen LogP contribution is -2.50. The van der Waals surface area contributed by atoms with Gasteiger partial charge in [0.2, 0.25) is 5.91 Å². The fourth-order valence-electron chi connectivity index (χ4n) is 3.18. The van der Waals surface area contributed by atoms with E-state index in [4.69, 9.17) is 0 Å². The first-order valence-electron chi connectivity index (χ1n) is 9.54. The van der Waals surface area contributed by atoms with Crippen LogP contribution in [0.1, 0.15) is 60.1 Å². The van der Waals surface area contributed by atoms with Gasteiger partial charge in [0.05, 0.1) is 0 Å². The number of fused-ring (bicyclic) bond motifs is 1. The molecule has 2 rings (SSSR count). The molecule has 5 nitrogen and oxygen atoms in total. The Hall–Kier alpha value is -2.74. The van der Waals surface area contributed by atoms with Crippen LogP contribution in [0.5, 0.6) is 0 Å². The van der Waals surface area contributed by atoms with E-state index in [2.05, 4.69) is 22.1 Å². The molecule has 1 unspecified atom stereocenters. The predicted octanol–water partition coefficient (Wildman–Crippen LogP) is 4.02. The summed E-state index contributed by atoms with van der Waals surface area (Å²) in [5.41, 5.74) is 1.08. The van der Waals surface area contributed by atoms with Gasteiger partial charge in [-0.2, -0.15) is 0 Å². The lowest BCUT2D eigenvalue weighted by atomic mass is 9.93. The van der Waals surface area contributed by atoms with Crippen molar-refractivity contribution in [2.24, 2.45) is 5.41 Å². The minimum absolute atomic E-state index is 0.197. The van der Waals surface area contributed by atoms with Gasteiger partial charge in [-0.15, -0.1) is 0 Å². The normalized spacial score (nSPS) is 12.8. The number of amides is 2. The van der Waals surface area contributed by atoms with Crippen molar-refractivity contribution in [1.29, 1.82) is 0 Å². The average molecular weight is 382 g/mol. The highest BCUT2D eigenvalue weighted by Crippen LogP contribution is 2.31. The molecule has 2 aromatic rings. The van der Waals surface area contributed by atoms with Crippen LogP contribution in [0.3, 0.4) is 0 Å². The molecule has 1 aromatic heterocycles. The van der Waals surface area contributed by atoms with E-state index in [0.29, 0.717) is 6.54 Å². The number of benzene rings is 1. The summed E-state index contributed by atoms with van der Waals surface area (Å²) in [4.78, 5) is 31.1. The van der Waals surface area contributed by atoms with Gasteiger partial charge < -0.3 is 15.2 Å². The first kappa shape index (κ1) is 21.6. The molecule has 0 saturated carbocycles. The van der Waals surface area contributed by atoms with Gasteiger partial charge in [0, 0.05) is 34.7 Å². The zero-order chi connectivity index (χ0) is 21.1. The molecule has 0 bridgehead atoms. The second-order valence-corrected chi connectivity index (χ2v) is 9.30. The van der Waals surface area contributed by atoms with Gasteiger partial charge in [0.25, 0.3) is 5.91 Å². The highest BCUT2D eigenvalue weighted by molar-refractivity contribution is 5.99. The summed E-state index contributed by atoms with van der Waals surface area (Å²) in [6, 6.07) is 7.01. The van der Waals surface area contributed by atoms with Crippen LogP contribution in [0.4, 0.5) is 0 Å². The predicted molar refractivity (Wildman–Crippen MR) is 114 cm³/mol. The molecule has 0 aliphatic rings. The minimum atomic E-state index is -0.775. The third kappa shape index (κ3) is 5.39. The number of para-hydroxylation sites is 1. The van der Waals surface area contributed by atoms with E-state index >= 15 is 0 Å². The Kier molecular flexibility index (Phi) is 6.23. The lowest BCUT2D eigenvalue weighted by Gasteiger charge is -2.36. The molecule has 5 heteroatoms. The first-order chi connectivity index (χ1) is 12.9. The smallest absolute Gasteiger partial charge is 0.299 e. The van der Waals surface area contributed by atoms with Crippen LogP contribution in [0.15, 0.2) is 30.5 Å². The molecule has 1 heterocycles. The molecule has 0 aliphatic heterocycles. The molecule has 2 amide bonds. The Labute approximate surface area is 167 Å². The summed E-state index contributed by atoms with van der Waals surface area (Å²) < 4.78 is 0. The van der Waals surface area contributed by atoms with Crippen molar-refractivity contribution in [3.05, 3.63) is 36.0 Å². The second-order valence-electron chi connectivity index (χ2n) is 9.30. The molecule has 150 valence electrons. The quantitative estimate of drug-likeness (QED) is 0.786. The molecular formula is C23H31N3O2. The Morgan fingerprint density at radius 1 is 1.14 bits per heavy atom. The van der Waals surface area contributed by atoms with E-state index in [-0.39, 0.29) is 17.2 Å². The molecule has 0 saturated heterocycles. The number of rotatable bonds is 4. The Morgan fingerprint density at radius 2 is 1.79 bits per heavy atom. The van der Waals surface area contributed by atoms with Gasteiger partial charge in [-0.25, -0.2) is 0 Å². The molecule has 0 spiro atoms. The number of hydrogen-bond acceptors (Lipinski definition) is 2. The third-order valence-electron chi connectivity index (χ3n) is 4.11. The van der Waals surface area contributed by atoms with Crippen molar-refractivity contribution in [3.8, 4) is 11.8 Å². The van der Waals surface area contributed by atoms with E-state index < -0.39 is 11.6 Å². The maximum absolute atomic E-state index is 13.4. The lowest BCUT2D eigenvalue weighted by molar-refractivity contribution is -0.139. The van der Waals surface area contributed by atoms with Crippen LogP contribution >= 0.6 is 0 Å². The summed E-state index contributed by atoms with van der Waals surface area (Å²) >= 11 is 0. The molecule has 1 atom stereocenters. The summed E-state index contributed by atoms with van der Waals surface area (Å²) in [6.07, 6.45) is 1.82. The number of aromatic amines is 1. The van der Waals surface area contributed by atoms with E-state index in [9.17, 15) is 9.59 Å². The van der Waals surface area contributed by atoms with Gasteiger partial charge in [0.15, 0.2) is 0 Å². The van der Waals surface area contributed by atoms with Crippen LogP contribution < -0.4 is 5.32 Å². The van der Waals surface area contributed by atoms with Crippen LogP contribution in [-0.2, 0) is 9.59 Å². The summed E-state index contributed by atoms with van der Waals surface area (Å²) in [7, 11) is 0. The number of carbonyl (C=O) groups excluding carboxylic acids is 2. The van der Waals surface area contributed by atoms with Crippen LogP contribution in [-0.4, -0.2) is 33.8 Å². The van der Waals surface area contributed by atoms with E-state index in [1.807, 2.05) is 72.0 Å². The zero-order valence-corrected chi connectivity index (χ0v) is 17.9. The van der Waals surface area contributed by atoms with E-state index in [1.165, 1.54) is 0 Å². The summed E-state index contributed by atoms with van der Waals surface area (Å²) in [5, 5.41) is 3.96. The molecule has 2 N–H and O–H groups in total. The molecule has 0 aliphatic carbocycles. The van der Waals surface area contributed by atoms with Crippen molar-refractivity contribution in [3.63, 3.8) is 0 Å². The molecule has 28 heavy (non-hydrogen) atoms. The molecule has 0 fully saturated rings. The minimum Gasteiger partial charge on any atom is -0.361 e. The second kappa shape index (κ2) is 8.10. The number of aromatic nitrogens is 1. The van der Waals surface area contributed by atoms with Gasteiger partial charge in [-0.1, -0.05) is 44.9 Å². The van der Waals surface area contributed by atoms with Crippen LogP contribution in [0, 0.1) is 17.3 Å². The fraction of sp³-hybridized carbons (Fsp3) is 0.478. The molecular weight excluding hydrogens is 350 g/mol. The van der Waals surface area contributed by atoms with Gasteiger partial charge in [-0.05, 0) is 45.1 Å². The Balaban J connectivity index is 2.64. The maximum atomic E-state index is 13.4. The van der Waals surface area contributed by atoms with Crippen molar-refractivity contribution in [1.82, 2.24) is 15.2 Å². The fourth-order valence-corrected chi connectivity index (χ4v) is 3.18. The monoisotopic (exact) mass is 381 g/mol. The van der Waals surface area contributed by atoms with E-state index in [0.717, 1.165) is 16.5 Å². The van der Waals surface area contributed by atoms with E-state index in [1.54, 1.807) is 11.8 Å². The summed E-state index contributed by atoms with van der Waals surface area (Å²) in [6.45, 7) is 13.9. The number of hydrogen-bond donors (Lipinski definition) is 2. The SMILES string of the molecule is CC#CC(=O)N(CC(C)(C)C)C(C(=O)NC(C)(C)C)c1c[nH]c2ccccc12. The summed E-state index contributed by atoms with van der Waals surface area (Å²) in [5.74, 6) is 4.74. The topological polar surface area (TPSA) is 65.2 Å². The van der Waals surface area contributed by atoms with Crippen molar-refractivity contribution in [2.45, 2.75) is 60.0 Å². The van der Waals surface area contributed by atoms with Crippen LogP contribution in [0.2, 0.25) is 0 Å². The highest BCUT2D eigenvalue weighted by Gasteiger charge is 2.36. The van der Waals surface area contributed by atoms with Crippen molar-refractivity contribution in [2.75, 3.05) is 6.54 Å². The maximum Gasteiger partial charge on any atom is 0.299 e. The van der Waals surface area contributed by atoms with Crippen LogP contribution in [0.25, 0.3) is 10.9 Å². The van der Waals surface area contributed by atoms with Crippen molar-refractivity contribution < 1.29 is 9.59 Å². The van der Waals surface area contributed by atoms with Gasteiger partial charge in [-0.3, -0.25) is 9.59 Å².